The molecule has 256 valence electrons. The molecule has 0 saturated heterocycles. The highest BCUT2D eigenvalue weighted by Gasteiger charge is 2.35. The van der Waals surface area contributed by atoms with Crippen LogP contribution in [0.4, 0.5) is 4.79 Å². The number of carbonyl (C=O) groups is 3. The number of aliphatic hydroxyl groups excluding tert-OH is 2. The van der Waals surface area contributed by atoms with Crippen LogP contribution >= 0.6 is 0 Å². The molecule has 1 aliphatic carbocycles. The van der Waals surface area contributed by atoms with Gasteiger partial charge in [-0.15, -0.1) is 0 Å². The largest absolute Gasteiger partial charge is 0.436 e. The molecule has 0 aliphatic heterocycles. The number of likely N-dealkylation sites (N-methyl/N-ethyl adjacent to an activating group) is 2. The van der Waals surface area contributed by atoms with E-state index in [1.807, 2.05) is 77.0 Å². The Balaban J connectivity index is 2.25. The average Bonchev–Trinajstić information content (AvgIpc) is 2.98. The van der Waals surface area contributed by atoms with Gasteiger partial charge in [-0.3, -0.25) is 9.59 Å². The van der Waals surface area contributed by atoms with Gasteiger partial charge in [0, 0.05) is 26.6 Å². The van der Waals surface area contributed by atoms with Crippen molar-refractivity contribution in [3.05, 3.63) is 35.9 Å². The second-order valence-corrected chi connectivity index (χ2v) is 14.0. The number of hydrogen-bond acceptors (Lipinski definition) is 7. The van der Waals surface area contributed by atoms with Gasteiger partial charge in [-0.05, 0) is 56.7 Å². The summed E-state index contributed by atoms with van der Waals surface area (Å²) in [7, 11) is 5.45. The molecule has 10 nitrogen and oxygen atoms in total. The van der Waals surface area contributed by atoms with Crippen LogP contribution in [0.25, 0.3) is 0 Å². The fourth-order valence-corrected chi connectivity index (χ4v) is 5.88. The lowest BCUT2D eigenvalue weighted by Crippen LogP contribution is -2.57. The van der Waals surface area contributed by atoms with Crippen LogP contribution in [-0.2, 0) is 20.7 Å². The first kappa shape index (κ1) is 38.5. The van der Waals surface area contributed by atoms with Crippen molar-refractivity contribution < 1.29 is 29.3 Å². The molecule has 2 rings (SSSR count). The number of nitrogens with one attached hydrogen (secondary N) is 2. The van der Waals surface area contributed by atoms with Crippen molar-refractivity contribution in [2.45, 2.75) is 116 Å². The van der Waals surface area contributed by atoms with Gasteiger partial charge < -0.3 is 35.4 Å². The maximum atomic E-state index is 13.8. The summed E-state index contributed by atoms with van der Waals surface area (Å²) in [6.07, 6.45) is 3.10. The fraction of sp³-hybridized carbons (Fsp3) is 0.743. The predicted octanol–water partition coefficient (Wildman–Crippen LogP) is 3.98. The van der Waals surface area contributed by atoms with Crippen LogP contribution in [-0.4, -0.2) is 103 Å². The van der Waals surface area contributed by atoms with Crippen molar-refractivity contribution in [2.75, 3.05) is 34.2 Å². The first-order valence-electron chi connectivity index (χ1n) is 16.8. The molecule has 0 spiro atoms. The van der Waals surface area contributed by atoms with E-state index in [9.17, 15) is 24.6 Å². The average molecular weight is 633 g/mol. The molecule has 45 heavy (non-hydrogen) atoms. The van der Waals surface area contributed by atoms with Gasteiger partial charge in [0.05, 0.1) is 12.1 Å². The molecule has 0 heterocycles. The fourth-order valence-electron chi connectivity index (χ4n) is 5.88. The number of amides is 3. The van der Waals surface area contributed by atoms with E-state index in [1.54, 1.807) is 7.05 Å². The maximum Gasteiger partial charge on any atom is 0.410 e. The van der Waals surface area contributed by atoms with Gasteiger partial charge in [0.25, 0.3) is 5.91 Å². The van der Waals surface area contributed by atoms with Gasteiger partial charge in [0.2, 0.25) is 5.91 Å². The Morgan fingerprint density at radius 3 is 2.07 bits per heavy atom. The van der Waals surface area contributed by atoms with Crippen LogP contribution in [0.15, 0.2) is 30.3 Å². The number of hydrogen-bond donors (Lipinski definition) is 4. The highest BCUT2D eigenvalue weighted by atomic mass is 16.6. The van der Waals surface area contributed by atoms with Crippen molar-refractivity contribution in [2.24, 2.45) is 17.8 Å². The number of carbonyl (C=O) groups excluding carboxylic acids is 3. The summed E-state index contributed by atoms with van der Waals surface area (Å²) in [4.78, 5) is 44.0. The lowest BCUT2D eigenvalue weighted by Gasteiger charge is -2.34. The summed E-state index contributed by atoms with van der Waals surface area (Å²) in [5.41, 5.74) is 0.820. The molecule has 5 atom stereocenters. The second-order valence-electron chi connectivity index (χ2n) is 14.0. The molecule has 0 unspecified atom stereocenters. The van der Waals surface area contributed by atoms with Gasteiger partial charge in [0.1, 0.15) is 12.1 Å². The third-order valence-electron chi connectivity index (χ3n) is 8.49. The van der Waals surface area contributed by atoms with Crippen molar-refractivity contribution in [3.63, 3.8) is 0 Å². The molecule has 1 aromatic rings. The van der Waals surface area contributed by atoms with Crippen LogP contribution in [0.1, 0.15) is 84.6 Å². The Morgan fingerprint density at radius 2 is 1.49 bits per heavy atom. The van der Waals surface area contributed by atoms with E-state index >= 15 is 0 Å². The monoisotopic (exact) mass is 632 g/mol. The van der Waals surface area contributed by atoms with E-state index in [0.29, 0.717) is 38.3 Å². The molecule has 10 heteroatoms. The number of aliphatic hydroxyl groups is 2. The Hall–Kier alpha value is -2.69. The van der Waals surface area contributed by atoms with Crippen LogP contribution < -0.4 is 10.6 Å². The van der Waals surface area contributed by atoms with E-state index in [4.69, 9.17) is 4.74 Å². The van der Waals surface area contributed by atoms with Gasteiger partial charge in [-0.2, -0.15) is 0 Å². The van der Waals surface area contributed by atoms with Gasteiger partial charge in [-0.1, -0.05) is 90.1 Å². The lowest BCUT2D eigenvalue weighted by atomic mass is 9.82. The van der Waals surface area contributed by atoms with E-state index in [0.717, 1.165) is 31.2 Å². The summed E-state index contributed by atoms with van der Waals surface area (Å²) < 4.78 is 5.74. The minimum Gasteiger partial charge on any atom is -0.436 e. The second kappa shape index (κ2) is 19.7. The quantitative estimate of drug-likeness (QED) is 0.193. The molecule has 0 radical (unpaired) electrons. The molecule has 1 aromatic carbocycles. The van der Waals surface area contributed by atoms with Gasteiger partial charge in [-0.25, -0.2) is 4.79 Å². The summed E-state index contributed by atoms with van der Waals surface area (Å²) in [5, 5.41) is 27.9. The number of ether oxygens (including phenoxy) is 1. The van der Waals surface area contributed by atoms with Gasteiger partial charge >= 0.3 is 6.09 Å². The van der Waals surface area contributed by atoms with Crippen molar-refractivity contribution in [3.8, 4) is 0 Å². The molecule has 1 fully saturated rings. The normalized spacial score (nSPS) is 17.4. The topological polar surface area (TPSA) is 131 Å². The SMILES string of the molecule is CC(C)C[C@H](NC(=O)[C@H](Cc1ccccc1)OC(=O)N(C)CCN(C)C)C(=O)N[C@@H](CC1CCCCC1)[C@@H](O)[C@@H](O)CC(C)C. The minimum absolute atomic E-state index is 0.0709. The van der Waals surface area contributed by atoms with E-state index in [2.05, 4.69) is 10.6 Å². The van der Waals surface area contributed by atoms with Crippen LogP contribution in [0.2, 0.25) is 0 Å². The van der Waals surface area contributed by atoms with E-state index < -0.39 is 48.3 Å². The number of rotatable bonds is 18. The molecule has 0 aromatic heterocycles. The standard InChI is InChI=1S/C35H60N4O6/c1-24(2)20-29(33(42)36-28(22-26-14-10-8-11-15-26)32(41)30(40)21-25(3)4)37-34(43)31(23-27-16-12-9-13-17-27)45-35(44)39(7)19-18-38(5)6/h9,12-13,16-17,24-26,28-32,40-41H,8,10-11,14-15,18-23H2,1-7H3,(H,36,42)(H,37,43)/t28-,29-,30-,31-,32+/m0/s1. The van der Waals surface area contributed by atoms with Crippen molar-refractivity contribution in [1.82, 2.24) is 20.4 Å². The molecular formula is C35H60N4O6. The summed E-state index contributed by atoms with van der Waals surface area (Å²) in [5.74, 6) is -0.372. The Bertz CT molecular complexity index is 1010. The third-order valence-corrected chi connectivity index (χ3v) is 8.49. The highest BCUT2D eigenvalue weighted by molar-refractivity contribution is 5.90. The molecule has 4 N–H and O–H groups in total. The first-order valence-corrected chi connectivity index (χ1v) is 16.8. The molecule has 3 amide bonds. The zero-order valence-electron chi connectivity index (χ0n) is 28.7. The van der Waals surface area contributed by atoms with Crippen molar-refractivity contribution in [1.29, 1.82) is 0 Å². The summed E-state index contributed by atoms with van der Waals surface area (Å²) in [6, 6.07) is 7.75. The zero-order chi connectivity index (χ0) is 33.5. The maximum absolute atomic E-state index is 13.8. The smallest absolute Gasteiger partial charge is 0.410 e. The minimum atomic E-state index is -1.15. The Morgan fingerprint density at radius 1 is 0.867 bits per heavy atom. The zero-order valence-corrected chi connectivity index (χ0v) is 28.7. The molecule has 0 bridgehead atoms. The van der Waals surface area contributed by atoms with Crippen LogP contribution in [0.5, 0.6) is 0 Å². The Kier molecular flexibility index (Phi) is 16.9. The van der Waals surface area contributed by atoms with Crippen molar-refractivity contribution >= 4 is 17.9 Å². The van der Waals surface area contributed by atoms with E-state index in [1.165, 1.54) is 11.3 Å². The molecular weight excluding hydrogens is 572 g/mol. The highest BCUT2D eigenvalue weighted by Crippen LogP contribution is 2.29. The van der Waals surface area contributed by atoms with E-state index in [-0.39, 0.29) is 18.3 Å². The summed E-state index contributed by atoms with van der Waals surface area (Å²) >= 11 is 0. The summed E-state index contributed by atoms with van der Waals surface area (Å²) in [6.45, 7) is 8.96. The Labute approximate surface area is 271 Å². The van der Waals surface area contributed by atoms with Crippen LogP contribution in [0.3, 0.4) is 0 Å². The van der Waals surface area contributed by atoms with Gasteiger partial charge in [0.15, 0.2) is 6.10 Å². The predicted molar refractivity (Wildman–Crippen MR) is 178 cm³/mol. The molecule has 1 aliphatic rings. The number of benzene rings is 1. The lowest BCUT2D eigenvalue weighted by molar-refractivity contribution is -0.135. The van der Waals surface area contributed by atoms with Crippen LogP contribution in [0, 0.1) is 17.8 Å². The first-order chi connectivity index (χ1) is 21.3. The number of nitrogens with zero attached hydrogens (tertiary/aromatic N) is 2. The molecule has 1 saturated carbocycles. The third kappa shape index (κ3) is 14.5.